The Hall–Kier alpha value is -1.25. The molecule has 0 radical (unpaired) electrons. The van der Waals surface area contributed by atoms with Crippen molar-refractivity contribution in [3.63, 3.8) is 0 Å². The molecule has 8 heteroatoms. The fourth-order valence-corrected chi connectivity index (χ4v) is 5.50. The second-order valence-electron chi connectivity index (χ2n) is 4.61. The van der Waals surface area contributed by atoms with Gasteiger partial charge in [0.25, 0.3) is 0 Å². The average molecular weight is 315 g/mol. The monoisotopic (exact) mass is 315 g/mol. The van der Waals surface area contributed by atoms with Gasteiger partial charge in [0.1, 0.15) is 11.8 Å². The molecule has 2 aliphatic heterocycles. The lowest BCUT2D eigenvalue weighted by atomic mass is 10.2. The highest BCUT2D eigenvalue weighted by molar-refractivity contribution is 8.00. The smallest absolute Gasteiger partial charge is 0.322 e. The van der Waals surface area contributed by atoms with E-state index in [9.17, 15) is 13.2 Å². The number of hydrogen-bond donors (Lipinski definition) is 1. The molecule has 1 aromatic carbocycles. The lowest BCUT2D eigenvalue weighted by Gasteiger charge is -2.20. The van der Waals surface area contributed by atoms with E-state index in [4.69, 9.17) is 9.84 Å². The molecule has 1 aromatic rings. The molecule has 0 saturated carbocycles. The zero-order valence-corrected chi connectivity index (χ0v) is 12.1. The van der Waals surface area contributed by atoms with Crippen LogP contribution in [-0.2, 0) is 21.2 Å². The van der Waals surface area contributed by atoms with E-state index in [1.807, 2.05) is 0 Å². The third-order valence-electron chi connectivity index (χ3n) is 3.39. The average Bonchev–Trinajstić information content (AvgIpc) is 3.06. The standard InChI is InChI=1S/C12H13NO5S2/c14-12(15)10-6-19-7-13(10)20(16,17)9-1-2-11-8(5-9)3-4-18-11/h1-2,5,10H,3-4,6-7H2,(H,14,15)/t10-/m0/s1. The van der Waals surface area contributed by atoms with Crippen LogP contribution >= 0.6 is 11.8 Å². The second-order valence-corrected chi connectivity index (χ2v) is 7.50. The minimum Gasteiger partial charge on any atom is -0.493 e. The third-order valence-corrected chi connectivity index (χ3v) is 6.42. The van der Waals surface area contributed by atoms with Gasteiger partial charge in [-0.25, -0.2) is 8.42 Å². The van der Waals surface area contributed by atoms with Crippen LogP contribution in [-0.4, -0.2) is 48.1 Å². The molecule has 0 bridgehead atoms. The summed E-state index contributed by atoms with van der Waals surface area (Å²) in [6.07, 6.45) is 0.676. The number of benzene rings is 1. The van der Waals surface area contributed by atoms with E-state index < -0.39 is 22.0 Å². The summed E-state index contributed by atoms with van der Waals surface area (Å²) in [5.41, 5.74) is 0.852. The molecule has 3 rings (SSSR count). The topological polar surface area (TPSA) is 83.9 Å². The van der Waals surface area contributed by atoms with Crippen LogP contribution in [0.1, 0.15) is 5.56 Å². The van der Waals surface area contributed by atoms with Gasteiger partial charge in [0, 0.05) is 12.2 Å². The summed E-state index contributed by atoms with van der Waals surface area (Å²) in [5, 5.41) is 9.11. The first-order chi connectivity index (χ1) is 9.50. The van der Waals surface area contributed by atoms with Gasteiger partial charge in [-0.15, -0.1) is 11.8 Å². The number of sulfonamides is 1. The summed E-state index contributed by atoms with van der Waals surface area (Å²) in [6.45, 7) is 0.552. The second kappa shape index (κ2) is 4.94. The number of ether oxygens (including phenoxy) is 1. The van der Waals surface area contributed by atoms with Crippen LogP contribution in [0.5, 0.6) is 5.75 Å². The Morgan fingerprint density at radius 2 is 2.25 bits per heavy atom. The zero-order valence-electron chi connectivity index (χ0n) is 10.5. The lowest BCUT2D eigenvalue weighted by molar-refractivity contribution is -0.140. The van der Waals surface area contributed by atoms with Gasteiger partial charge in [0.2, 0.25) is 10.0 Å². The first-order valence-corrected chi connectivity index (χ1v) is 8.68. The number of hydrogen-bond acceptors (Lipinski definition) is 5. The largest absolute Gasteiger partial charge is 0.493 e. The summed E-state index contributed by atoms with van der Waals surface area (Å²) >= 11 is 1.31. The summed E-state index contributed by atoms with van der Waals surface area (Å²) in [4.78, 5) is 11.3. The van der Waals surface area contributed by atoms with Gasteiger partial charge in [0.05, 0.1) is 17.4 Å². The first-order valence-electron chi connectivity index (χ1n) is 6.08. The Balaban J connectivity index is 1.97. The molecule has 0 spiro atoms. The van der Waals surface area contributed by atoms with E-state index in [0.717, 1.165) is 9.87 Å². The number of carboxylic acid groups (broad SMARTS) is 1. The van der Waals surface area contributed by atoms with E-state index >= 15 is 0 Å². The molecule has 0 amide bonds. The van der Waals surface area contributed by atoms with Gasteiger partial charge >= 0.3 is 5.97 Å². The number of fused-ring (bicyclic) bond motifs is 1. The van der Waals surface area contributed by atoms with E-state index in [1.165, 1.54) is 17.8 Å². The van der Waals surface area contributed by atoms with Crippen LogP contribution in [0, 0.1) is 0 Å². The highest BCUT2D eigenvalue weighted by Crippen LogP contribution is 2.32. The molecule has 6 nitrogen and oxygen atoms in total. The fourth-order valence-electron chi connectivity index (χ4n) is 2.32. The van der Waals surface area contributed by atoms with Gasteiger partial charge < -0.3 is 9.84 Å². The van der Waals surface area contributed by atoms with Crippen molar-refractivity contribution in [2.24, 2.45) is 0 Å². The van der Waals surface area contributed by atoms with E-state index in [1.54, 1.807) is 12.1 Å². The van der Waals surface area contributed by atoms with Gasteiger partial charge in [0.15, 0.2) is 0 Å². The third kappa shape index (κ3) is 2.17. The van der Waals surface area contributed by atoms with Crippen molar-refractivity contribution in [2.75, 3.05) is 18.2 Å². The number of nitrogens with zero attached hydrogens (tertiary/aromatic N) is 1. The van der Waals surface area contributed by atoms with Crippen LogP contribution in [0.3, 0.4) is 0 Å². The van der Waals surface area contributed by atoms with Crippen LogP contribution < -0.4 is 4.74 Å². The summed E-state index contributed by atoms with van der Waals surface area (Å²) < 4.78 is 31.5. The zero-order chi connectivity index (χ0) is 14.3. The molecule has 0 aliphatic carbocycles. The van der Waals surface area contributed by atoms with Gasteiger partial charge in [-0.2, -0.15) is 4.31 Å². The van der Waals surface area contributed by atoms with Gasteiger partial charge in [-0.3, -0.25) is 4.79 Å². The highest BCUT2D eigenvalue weighted by Gasteiger charge is 2.40. The van der Waals surface area contributed by atoms with E-state index in [-0.39, 0.29) is 16.5 Å². The Kier molecular flexibility index (Phi) is 3.39. The van der Waals surface area contributed by atoms with E-state index in [0.29, 0.717) is 18.8 Å². The summed E-state index contributed by atoms with van der Waals surface area (Å²) in [5.74, 6) is 0.0489. The molecular formula is C12H13NO5S2. The molecular weight excluding hydrogens is 302 g/mol. The molecule has 1 saturated heterocycles. The maximum absolute atomic E-state index is 12.6. The van der Waals surface area contributed by atoms with E-state index in [2.05, 4.69) is 0 Å². The maximum Gasteiger partial charge on any atom is 0.322 e. The molecule has 1 fully saturated rings. The van der Waals surface area contributed by atoms with Gasteiger partial charge in [-0.1, -0.05) is 0 Å². The lowest BCUT2D eigenvalue weighted by Crippen LogP contribution is -2.41. The van der Waals surface area contributed by atoms with Crippen LogP contribution in [0.2, 0.25) is 0 Å². The normalized spacial score (nSPS) is 22.5. The number of carboxylic acids is 1. The molecule has 2 heterocycles. The molecule has 1 atom stereocenters. The number of thioether (sulfide) groups is 1. The van der Waals surface area contributed by atoms with Crippen molar-refractivity contribution in [3.05, 3.63) is 23.8 Å². The SMILES string of the molecule is O=C(O)[C@@H]1CSCN1S(=O)(=O)c1ccc2c(c1)CCO2. The number of rotatable bonds is 3. The predicted octanol–water partition coefficient (Wildman–Crippen LogP) is 0.770. The Morgan fingerprint density at radius 3 is 3.00 bits per heavy atom. The Morgan fingerprint density at radius 1 is 1.45 bits per heavy atom. The minimum atomic E-state index is -3.78. The quantitative estimate of drug-likeness (QED) is 0.887. The number of aliphatic carboxylic acids is 1. The summed E-state index contributed by atoms with van der Waals surface area (Å²) in [6, 6.07) is 3.70. The molecule has 0 unspecified atom stereocenters. The fraction of sp³-hybridized carbons (Fsp3) is 0.417. The van der Waals surface area contributed by atoms with Crippen molar-refractivity contribution >= 4 is 27.8 Å². The maximum atomic E-state index is 12.6. The predicted molar refractivity (Wildman–Crippen MR) is 73.4 cm³/mol. The van der Waals surface area contributed by atoms with Crippen LogP contribution in [0.15, 0.2) is 23.1 Å². The van der Waals surface area contributed by atoms with Crippen molar-refractivity contribution < 1.29 is 23.1 Å². The number of carbonyl (C=O) groups is 1. The molecule has 20 heavy (non-hydrogen) atoms. The van der Waals surface area contributed by atoms with Crippen molar-refractivity contribution in [1.29, 1.82) is 0 Å². The first kappa shape index (κ1) is 13.7. The van der Waals surface area contributed by atoms with Crippen LogP contribution in [0.4, 0.5) is 0 Å². The Labute approximate surface area is 120 Å². The van der Waals surface area contributed by atoms with Crippen molar-refractivity contribution in [3.8, 4) is 5.75 Å². The highest BCUT2D eigenvalue weighted by atomic mass is 32.2. The molecule has 2 aliphatic rings. The van der Waals surface area contributed by atoms with Crippen molar-refractivity contribution in [1.82, 2.24) is 4.31 Å². The van der Waals surface area contributed by atoms with Crippen molar-refractivity contribution in [2.45, 2.75) is 17.4 Å². The minimum absolute atomic E-state index is 0.135. The Bertz CT molecular complexity index is 658. The molecule has 1 N–H and O–H groups in total. The molecule has 108 valence electrons. The van der Waals surface area contributed by atoms with Crippen LogP contribution in [0.25, 0.3) is 0 Å². The van der Waals surface area contributed by atoms with Gasteiger partial charge in [-0.05, 0) is 23.8 Å². The summed E-state index contributed by atoms with van der Waals surface area (Å²) in [7, 11) is -3.78. The molecule has 0 aromatic heterocycles.